The molecule has 0 bridgehead atoms. The van der Waals surface area contributed by atoms with Crippen LogP contribution in [0.1, 0.15) is 34.9 Å². The number of piperidine rings is 1. The average Bonchev–Trinajstić information content (AvgIpc) is 3.22. The number of rotatable bonds is 4. The maximum Gasteiger partial charge on any atom is 0.267 e. The molecule has 0 aliphatic carbocycles. The van der Waals surface area contributed by atoms with Gasteiger partial charge < -0.3 is 10.6 Å². The van der Waals surface area contributed by atoms with E-state index in [-0.39, 0.29) is 30.8 Å². The van der Waals surface area contributed by atoms with Gasteiger partial charge in [-0.3, -0.25) is 14.4 Å². The number of nitrogens with zero attached hydrogens (tertiary/aromatic N) is 4. The number of primary amides is 1. The van der Waals surface area contributed by atoms with Crippen molar-refractivity contribution in [1.29, 1.82) is 0 Å². The number of hydroxylamine groups is 2. The summed E-state index contributed by atoms with van der Waals surface area (Å²) in [6.07, 6.45) is 0.143. The topological polar surface area (TPSA) is 102 Å². The Balaban J connectivity index is 1.47. The Hall–Kier alpha value is -3.21. The summed E-state index contributed by atoms with van der Waals surface area (Å²) in [7, 11) is 0. The number of hydrogen-bond acceptors (Lipinski definition) is 6. The monoisotopic (exact) mass is 435 g/mol. The van der Waals surface area contributed by atoms with Crippen molar-refractivity contribution < 1.29 is 27.6 Å². The number of hydrogen-bond donors (Lipinski definition) is 1. The quantitative estimate of drug-likeness (QED) is 0.788. The van der Waals surface area contributed by atoms with E-state index in [0.717, 1.165) is 23.3 Å². The molecule has 0 spiro atoms. The summed E-state index contributed by atoms with van der Waals surface area (Å²) >= 11 is 0. The molecule has 1 unspecified atom stereocenters. The van der Waals surface area contributed by atoms with E-state index in [4.69, 9.17) is 10.6 Å². The molecule has 31 heavy (non-hydrogen) atoms. The Kier molecular flexibility index (Phi) is 5.77. The summed E-state index contributed by atoms with van der Waals surface area (Å²) in [6.45, 7) is 0.360. The molecule has 3 heterocycles. The maximum absolute atomic E-state index is 15.0. The number of amides is 2. The van der Waals surface area contributed by atoms with Crippen LogP contribution in [-0.4, -0.2) is 52.7 Å². The Bertz CT molecular complexity index is 988. The second kappa shape index (κ2) is 8.50. The number of benzene rings is 1. The first-order valence-corrected chi connectivity index (χ1v) is 9.76. The van der Waals surface area contributed by atoms with E-state index < -0.39 is 41.6 Å². The zero-order valence-corrected chi connectivity index (χ0v) is 16.4. The smallest absolute Gasteiger partial charge is 0.267 e. The minimum Gasteiger partial charge on any atom is -0.364 e. The fraction of sp³-hybridized carbons (Fsp3) is 0.400. The van der Waals surface area contributed by atoms with Crippen LogP contribution in [0, 0.1) is 17.6 Å². The predicted molar refractivity (Wildman–Crippen MR) is 102 cm³/mol. The molecule has 0 saturated carbocycles. The Labute approximate surface area is 175 Å². The normalized spacial score (nSPS) is 23.8. The number of carbonyl (C=O) groups excluding carboxylic acids is 2. The second-order valence-corrected chi connectivity index (χ2v) is 7.49. The molecule has 2 amide bonds. The molecule has 2 saturated heterocycles. The van der Waals surface area contributed by atoms with Gasteiger partial charge in [0, 0.05) is 25.1 Å². The van der Waals surface area contributed by atoms with E-state index in [1.54, 1.807) is 4.90 Å². The first-order valence-electron chi connectivity index (χ1n) is 9.76. The molecule has 2 fully saturated rings. The van der Waals surface area contributed by atoms with Gasteiger partial charge in [0.2, 0.25) is 0 Å². The second-order valence-electron chi connectivity index (χ2n) is 7.49. The number of aromatic nitrogens is 2. The zero-order valence-electron chi connectivity index (χ0n) is 16.4. The Morgan fingerprint density at radius 3 is 2.52 bits per heavy atom. The fourth-order valence-corrected chi connectivity index (χ4v) is 3.97. The van der Waals surface area contributed by atoms with Crippen LogP contribution in [0.2, 0.25) is 0 Å². The van der Waals surface area contributed by atoms with Crippen molar-refractivity contribution in [2.24, 2.45) is 11.7 Å². The number of anilines is 1. The summed E-state index contributed by atoms with van der Waals surface area (Å²) in [5.74, 6) is -3.45. The van der Waals surface area contributed by atoms with Crippen molar-refractivity contribution in [2.75, 3.05) is 24.6 Å². The van der Waals surface area contributed by atoms with E-state index in [2.05, 4.69) is 9.97 Å². The summed E-state index contributed by atoms with van der Waals surface area (Å²) in [4.78, 5) is 39.1. The third-order valence-electron chi connectivity index (χ3n) is 5.48. The molecule has 2 aliphatic rings. The third kappa shape index (κ3) is 4.31. The van der Waals surface area contributed by atoms with Gasteiger partial charge in [-0.15, -0.1) is 0 Å². The lowest BCUT2D eigenvalue weighted by Gasteiger charge is -2.36. The SMILES string of the molecule is NC(=O)c1cc(N2CC[C@H](C(=O)N3OCCC3c3cc(F)cc(F)c3)[C@H](F)C2)ncn1. The molecular weight excluding hydrogens is 415 g/mol. The van der Waals surface area contributed by atoms with Gasteiger partial charge in [0.15, 0.2) is 0 Å². The van der Waals surface area contributed by atoms with Crippen molar-refractivity contribution in [3.8, 4) is 0 Å². The molecule has 2 N–H and O–H groups in total. The van der Waals surface area contributed by atoms with E-state index in [1.165, 1.54) is 12.4 Å². The van der Waals surface area contributed by atoms with Crippen LogP contribution >= 0.6 is 0 Å². The van der Waals surface area contributed by atoms with Crippen molar-refractivity contribution in [2.45, 2.75) is 25.1 Å². The molecule has 2 aliphatic heterocycles. The van der Waals surface area contributed by atoms with Gasteiger partial charge in [0.25, 0.3) is 11.8 Å². The van der Waals surface area contributed by atoms with Crippen molar-refractivity contribution in [1.82, 2.24) is 15.0 Å². The van der Waals surface area contributed by atoms with E-state index >= 15 is 4.39 Å². The molecule has 11 heteroatoms. The molecule has 1 aromatic heterocycles. The Morgan fingerprint density at radius 1 is 1.10 bits per heavy atom. The lowest BCUT2D eigenvalue weighted by Crippen LogP contribution is -2.49. The minimum atomic E-state index is -1.54. The predicted octanol–water partition coefficient (Wildman–Crippen LogP) is 1.92. The average molecular weight is 435 g/mol. The van der Waals surface area contributed by atoms with E-state index in [0.29, 0.717) is 18.8 Å². The van der Waals surface area contributed by atoms with Crippen LogP contribution in [0.15, 0.2) is 30.6 Å². The Morgan fingerprint density at radius 2 is 1.84 bits per heavy atom. The van der Waals surface area contributed by atoms with Gasteiger partial charge in [-0.1, -0.05) is 0 Å². The summed E-state index contributed by atoms with van der Waals surface area (Å²) in [6, 6.07) is 3.71. The molecule has 0 radical (unpaired) electrons. The molecule has 4 rings (SSSR count). The number of halogens is 3. The molecular formula is C20H20F3N5O3. The van der Waals surface area contributed by atoms with Crippen LogP contribution in [0.5, 0.6) is 0 Å². The van der Waals surface area contributed by atoms with Crippen molar-refractivity contribution in [3.05, 3.63) is 53.5 Å². The minimum absolute atomic E-state index is 0.00856. The first-order chi connectivity index (χ1) is 14.8. The standard InChI is InChI=1S/C20H20F3N5O3/c21-12-5-11(6-13(22)7-12)17-2-4-31-28(17)20(30)14-1-3-27(9-15(14)23)18-8-16(19(24)29)25-10-26-18/h5-8,10,14-15,17H,1-4,9H2,(H2,24,29)/t14-,15+,17?/m0/s1. The summed E-state index contributed by atoms with van der Waals surface area (Å²) in [5.41, 5.74) is 5.49. The molecule has 8 nitrogen and oxygen atoms in total. The van der Waals surface area contributed by atoms with Gasteiger partial charge in [0.05, 0.1) is 25.1 Å². The van der Waals surface area contributed by atoms with Crippen LogP contribution in [-0.2, 0) is 9.63 Å². The highest BCUT2D eigenvalue weighted by Crippen LogP contribution is 2.35. The van der Waals surface area contributed by atoms with Crippen molar-refractivity contribution >= 4 is 17.6 Å². The van der Waals surface area contributed by atoms with E-state index in [1.807, 2.05) is 0 Å². The maximum atomic E-state index is 15.0. The number of carbonyl (C=O) groups is 2. The highest BCUT2D eigenvalue weighted by molar-refractivity contribution is 5.91. The van der Waals surface area contributed by atoms with Gasteiger partial charge in [0.1, 0.15) is 35.6 Å². The number of alkyl halides is 1. The third-order valence-corrected chi connectivity index (χ3v) is 5.48. The van der Waals surface area contributed by atoms with E-state index in [9.17, 15) is 18.4 Å². The van der Waals surface area contributed by atoms with Gasteiger partial charge in [-0.2, -0.15) is 0 Å². The highest BCUT2D eigenvalue weighted by Gasteiger charge is 2.42. The van der Waals surface area contributed by atoms with Crippen LogP contribution in [0.4, 0.5) is 19.0 Å². The molecule has 2 aromatic rings. The van der Waals surface area contributed by atoms with Gasteiger partial charge in [-0.25, -0.2) is 28.2 Å². The lowest BCUT2D eigenvalue weighted by molar-refractivity contribution is -0.184. The zero-order chi connectivity index (χ0) is 22.1. The van der Waals surface area contributed by atoms with Crippen LogP contribution < -0.4 is 10.6 Å². The molecule has 3 atom stereocenters. The molecule has 1 aromatic carbocycles. The van der Waals surface area contributed by atoms with Gasteiger partial charge >= 0.3 is 0 Å². The fourth-order valence-electron chi connectivity index (χ4n) is 3.97. The first kappa shape index (κ1) is 21.0. The summed E-state index contributed by atoms with van der Waals surface area (Å²) < 4.78 is 42.2. The van der Waals surface area contributed by atoms with Crippen LogP contribution in [0.25, 0.3) is 0 Å². The lowest BCUT2D eigenvalue weighted by atomic mass is 9.92. The number of nitrogens with two attached hydrogens (primary N) is 1. The van der Waals surface area contributed by atoms with Crippen LogP contribution in [0.3, 0.4) is 0 Å². The molecule has 164 valence electrons. The largest absolute Gasteiger partial charge is 0.364 e. The highest BCUT2D eigenvalue weighted by atomic mass is 19.1. The van der Waals surface area contributed by atoms with Crippen molar-refractivity contribution in [3.63, 3.8) is 0 Å². The van der Waals surface area contributed by atoms with Gasteiger partial charge in [-0.05, 0) is 24.1 Å². The summed E-state index contributed by atoms with van der Waals surface area (Å²) in [5, 5.41) is 1.04.